The van der Waals surface area contributed by atoms with Crippen LogP contribution in [0, 0.1) is 5.41 Å². The quantitative estimate of drug-likeness (QED) is 0.709. The van der Waals surface area contributed by atoms with E-state index in [1.807, 2.05) is 13.0 Å². The van der Waals surface area contributed by atoms with Crippen molar-refractivity contribution in [3.8, 4) is 0 Å². The molecule has 1 atom stereocenters. The molecule has 0 aliphatic heterocycles. The van der Waals surface area contributed by atoms with E-state index in [9.17, 15) is 0 Å². The molecule has 22 heavy (non-hydrogen) atoms. The molecule has 1 unspecified atom stereocenters. The molecule has 1 heteroatoms. The zero-order valence-electron chi connectivity index (χ0n) is 13.1. The van der Waals surface area contributed by atoms with Gasteiger partial charge in [0.15, 0.2) is 0 Å². The summed E-state index contributed by atoms with van der Waals surface area (Å²) in [6.45, 7) is 4.11. The summed E-state index contributed by atoms with van der Waals surface area (Å²) in [5.41, 5.74) is 7.03. The lowest BCUT2D eigenvalue weighted by molar-refractivity contribution is 0.786. The van der Waals surface area contributed by atoms with Crippen LogP contribution in [0.15, 0.2) is 77.9 Å². The highest BCUT2D eigenvalue weighted by atomic mass is 14.4. The molecule has 0 fully saturated rings. The highest BCUT2D eigenvalue weighted by Gasteiger charge is 2.23. The molecule has 3 rings (SSSR count). The summed E-state index contributed by atoms with van der Waals surface area (Å²) in [6.07, 6.45) is 3.12. The molecule has 0 radical (unpaired) electrons. The van der Waals surface area contributed by atoms with Crippen molar-refractivity contribution in [2.75, 3.05) is 0 Å². The van der Waals surface area contributed by atoms with Crippen LogP contribution in [0.2, 0.25) is 0 Å². The summed E-state index contributed by atoms with van der Waals surface area (Å²) in [7, 11) is 0. The van der Waals surface area contributed by atoms with Crippen LogP contribution in [0.25, 0.3) is 5.57 Å². The fourth-order valence-electron chi connectivity index (χ4n) is 3.15. The lowest BCUT2D eigenvalue weighted by Gasteiger charge is -2.27. The highest BCUT2D eigenvalue weighted by Crippen LogP contribution is 2.40. The van der Waals surface area contributed by atoms with Crippen molar-refractivity contribution in [2.45, 2.75) is 26.2 Å². The van der Waals surface area contributed by atoms with Crippen LogP contribution >= 0.6 is 0 Å². The van der Waals surface area contributed by atoms with Gasteiger partial charge < -0.3 is 5.41 Å². The Hall–Kier alpha value is -2.41. The summed E-state index contributed by atoms with van der Waals surface area (Å²) in [5.74, 6) is 0.358. The third-order valence-corrected chi connectivity index (χ3v) is 4.46. The van der Waals surface area contributed by atoms with Crippen LogP contribution in [0.5, 0.6) is 0 Å². The first-order chi connectivity index (χ1) is 10.7. The van der Waals surface area contributed by atoms with Crippen LogP contribution < -0.4 is 0 Å². The van der Waals surface area contributed by atoms with Gasteiger partial charge in [0.05, 0.1) is 0 Å². The molecule has 0 amide bonds. The Morgan fingerprint density at radius 1 is 0.955 bits per heavy atom. The largest absolute Gasteiger partial charge is 0.305 e. The standard InChI is InChI=1S/C21H21N/c1-15-20(17-9-5-3-6-10-17)13-19(16(2)22)14-21(15)18-11-7-4-8-12-18/h3-13,21-22H,14H2,1-2H3. The molecule has 0 heterocycles. The molecule has 1 aliphatic rings. The molecule has 0 bridgehead atoms. The Morgan fingerprint density at radius 3 is 2.14 bits per heavy atom. The smallest absolute Gasteiger partial charge is 0.0315 e. The maximum atomic E-state index is 8.07. The molecule has 0 saturated carbocycles. The van der Waals surface area contributed by atoms with Crippen LogP contribution in [-0.4, -0.2) is 5.71 Å². The van der Waals surface area contributed by atoms with Gasteiger partial charge >= 0.3 is 0 Å². The molecule has 2 aromatic carbocycles. The number of allylic oxidation sites excluding steroid dienone is 4. The molecular weight excluding hydrogens is 266 g/mol. The summed E-state index contributed by atoms with van der Waals surface area (Å²) < 4.78 is 0. The maximum Gasteiger partial charge on any atom is 0.0315 e. The second kappa shape index (κ2) is 6.15. The van der Waals surface area contributed by atoms with E-state index in [0.29, 0.717) is 11.6 Å². The van der Waals surface area contributed by atoms with E-state index in [4.69, 9.17) is 5.41 Å². The summed E-state index contributed by atoms with van der Waals surface area (Å²) in [4.78, 5) is 0. The third-order valence-electron chi connectivity index (χ3n) is 4.46. The number of hydrogen-bond acceptors (Lipinski definition) is 1. The number of benzene rings is 2. The minimum absolute atomic E-state index is 0.358. The zero-order chi connectivity index (χ0) is 15.5. The van der Waals surface area contributed by atoms with Crippen molar-refractivity contribution in [2.24, 2.45) is 0 Å². The SMILES string of the molecule is CC(=N)C1=CC(c2ccccc2)=C(C)C(c2ccccc2)C1. The maximum absolute atomic E-state index is 8.07. The van der Waals surface area contributed by atoms with E-state index in [2.05, 4.69) is 67.6 Å². The van der Waals surface area contributed by atoms with Crippen molar-refractivity contribution in [3.63, 3.8) is 0 Å². The minimum atomic E-state index is 0.358. The van der Waals surface area contributed by atoms with Gasteiger partial charge in [-0.05, 0) is 48.6 Å². The molecule has 2 aromatic rings. The first kappa shape index (κ1) is 14.5. The minimum Gasteiger partial charge on any atom is -0.305 e. The van der Waals surface area contributed by atoms with Gasteiger partial charge in [-0.2, -0.15) is 0 Å². The van der Waals surface area contributed by atoms with Crippen molar-refractivity contribution < 1.29 is 0 Å². The highest BCUT2D eigenvalue weighted by molar-refractivity contribution is 6.00. The van der Waals surface area contributed by atoms with Crippen LogP contribution in [0.4, 0.5) is 0 Å². The number of rotatable bonds is 3. The van der Waals surface area contributed by atoms with Gasteiger partial charge in [-0.25, -0.2) is 0 Å². The van der Waals surface area contributed by atoms with Gasteiger partial charge in [0, 0.05) is 11.6 Å². The topological polar surface area (TPSA) is 23.9 Å². The van der Waals surface area contributed by atoms with E-state index in [1.54, 1.807) is 0 Å². The Labute approximate surface area is 132 Å². The first-order valence-electron chi connectivity index (χ1n) is 7.74. The third kappa shape index (κ3) is 2.80. The zero-order valence-corrected chi connectivity index (χ0v) is 13.1. The molecule has 1 nitrogen and oxygen atoms in total. The lowest BCUT2D eigenvalue weighted by Crippen LogP contribution is -2.12. The molecule has 110 valence electrons. The molecule has 1 aliphatic carbocycles. The van der Waals surface area contributed by atoms with Gasteiger partial charge in [0.25, 0.3) is 0 Å². The molecule has 1 N–H and O–H groups in total. The Bertz CT molecular complexity index is 736. The average Bonchev–Trinajstić information content (AvgIpc) is 2.56. The second-order valence-corrected chi connectivity index (χ2v) is 5.92. The van der Waals surface area contributed by atoms with Gasteiger partial charge in [-0.15, -0.1) is 0 Å². The van der Waals surface area contributed by atoms with E-state index in [1.165, 1.54) is 22.3 Å². The summed E-state index contributed by atoms with van der Waals surface area (Å²) in [5, 5.41) is 8.07. The molecular formula is C21H21N. The van der Waals surface area contributed by atoms with E-state index >= 15 is 0 Å². The van der Waals surface area contributed by atoms with E-state index in [0.717, 1.165) is 12.0 Å². The predicted molar refractivity (Wildman–Crippen MR) is 94.3 cm³/mol. The van der Waals surface area contributed by atoms with Gasteiger partial charge in [-0.1, -0.05) is 66.2 Å². The van der Waals surface area contributed by atoms with Crippen LogP contribution in [-0.2, 0) is 0 Å². The molecule has 0 saturated heterocycles. The Balaban J connectivity index is 2.12. The first-order valence-corrected chi connectivity index (χ1v) is 7.74. The monoisotopic (exact) mass is 287 g/mol. The van der Waals surface area contributed by atoms with Crippen molar-refractivity contribution in [1.82, 2.24) is 0 Å². The number of hydrogen-bond donors (Lipinski definition) is 1. The second-order valence-electron chi connectivity index (χ2n) is 5.92. The van der Waals surface area contributed by atoms with Crippen molar-refractivity contribution in [1.29, 1.82) is 5.41 Å². The average molecular weight is 287 g/mol. The normalized spacial score (nSPS) is 18.1. The lowest BCUT2D eigenvalue weighted by atomic mass is 9.77. The Kier molecular flexibility index (Phi) is 4.06. The van der Waals surface area contributed by atoms with Crippen LogP contribution in [0.1, 0.15) is 37.3 Å². The van der Waals surface area contributed by atoms with Gasteiger partial charge in [-0.3, -0.25) is 0 Å². The summed E-state index contributed by atoms with van der Waals surface area (Å²) in [6, 6.07) is 21.1. The summed E-state index contributed by atoms with van der Waals surface area (Å²) >= 11 is 0. The van der Waals surface area contributed by atoms with E-state index in [-0.39, 0.29) is 0 Å². The Morgan fingerprint density at radius 2 is 1.55 bits per heavy atom. The fourth-order valence-corrected chi connectivity index (χ4v) is 3.15. The van der Waals surface area contributed by atoms with E-state index < -0.39 is 0 Å². The molecule has 0 aromatic heterocycles. The predicted octanol–water partition coefficient (Wildman–Crippen LogP) is 5.61. The van der Waals surface area contributed by atoms with Crippen molar-refractivity contribution >= 4 is 11.3 Å². The molecule has 0 spiro atoms. The van der Waals surface area contributed by atoms with Crippen molar-refractivity contribution in [3.05, 3.63) is 89.0 Å². The number of nitrogens with one attached hydrogen (secondary N) is 1. The van der Waals surface area contributed by atoms with Crippen LogP contribution in [0.3, 0.4) is 0 Å². The fraction of sp³-hybridized carbons (Fsp3) is 0.190. The van der Waals surface area contributed by atoms with Gasteiger partial charge in [0.2, 0.25) is 0 Å². The van der Waals surface area contributed by atoms with Gasteiger partial charge in [0.1, 0.15) is 0 Å².